The molecule has 0 heterocycles. The second-order valence-corrected chi connectivity index (χ2v) is 11.8. The summed E-state index contributed by atoms with van der Waals surface area (Å²) in [6.07, 6.45) is -4.09. The second-order valence-electron chi connectivity index (χ2n) is 9.49. The minimum absolute atomic E-state index is 0.0717. The van der Waals surface area contributed by atoms with Crippen LogP contribution in [0.3, 0.4) is 0 Å². The topological polar surface area (TPSA) is 86.8 Å². The highest BCUT2D eigenvalue weighted by Gasteiger charge is 2.35. The summed E-state index contributed by atoms with van der Waals surface area (Å²) >= 11 is 5.98. The van der Waals surface area contributed by atoms with Crippen LogP contribution in [0.25, 0.3) is 0 Å². The fourth-order valence-electron chi connectivity index (χ4n) is 3.97. The van der Waals surface area contributed by atoms with Crippen LogP contribution in [-0.2, 0) is 32.3 Å². The van der Waals surface area contributed by atoms with Crippen LogP contribution in [0.1, 0.15) is 37.0 Å². The zero-order valence-corrected chi connectivity index (χ0v) is 24.4. The highest BCUT2D eigenvalue weighted by molar-refractivity contribution is 7.92. The molecule has 3 aromatic carbocycles. The minimum atomic E-state index is -4.74. The molecule has 0 radical (unpaired) electrons. The number of benzene rings is 3. The van der Waals surface area contributed by atoms with E-state index in [1.165, 1.54) is 30.0 Å². The normalized spacial score (nSPS) is 12.5. The van der Waals surface area contributed by atoms with Gasteiger partial charge in [-0.2, -0.15) is 13.2 Å². The number of amides is 2. The van der Waals surface area contributed by atoms with Crippen molar-refractivity contribution >= 4 is 39.1 Å². The quantitative estimate of drug-likeness (QED) is 0.297. The molecule has 41 heavy (non-hydrogen) atoms. The number of nitrogens with zero attached hydrogens (tertiary/aromatic N) is 2. The highest BCUT2D eigenvalue weighted by atomic mass is 35.5. The molecule has 3 aromatic rings. The molecule has 0 saturated carbocycles. The smallest absolute Gasteiger partial charge is 0.354 e. The van der Waals surface area contributed by atoms with Crippen LogP contribution in [0.4, 0.5) is 18.9 Å². The Morgan fingerprint density at radius 1 is 1.00 bits per heavy atom. The summed E-state index contributed by atoms with van der Waals surface area (Å²) in [5, 5.41) is 3.18. The van der Waals surface area contributed by atoms with Crippen molar-refractivity contribution in [3.63, 3.8) is 0 Å². The van der Waals surface area contributed by atoms with Gasteiger partial charge in [-0.15, -0.1) is 0 Å². The van der Waals surface area contributed by atoms with Crippen molar-refractivity contribution in [2.75, 3.05) is 17.4 Å². The van der Waals surface area contributed by atoms with E-state index in [-0.39, 0.29) is 17.1 Å². The van der Waals surface area contributed by atoms with Gasteiger partial charge in [0.25, 0.3) is 10.0 Å². The number of carbonyl (C=O) groups excluding carboxylic acids is 2. The van der Waals surface area contributed by atoms with E-state index in [4.69, 9.17) is 11.6 Å². The number of hydrogen-bond acceptors (Lipinski definition) is 4. The average Bonchev–Trinajstić information content (AvgIpc) is 2.93. The van der Waals surface area contributed by atoms with Crippen molar-refractivity contribution in [2.24, 2.45) is 0 Å². The Bertz CT molecular complexity index is 1460. The van der Waals surface area contributed by atoms with Gasteiger partial charge in [0, 0.05) is 18.1 Å². The van der Waals surface area contributed by atoms with E-state index < -0.39 is 46.2 Å². The summed E-state index contributed by atoms with van der Waals surface area (Å²) in [4.78, 5) is 27.7. The zero-order valence-electron chi connectivity index (χ0n) is 22.8. The Morgan fingerprint density at radius 3 is 2.22 bits per heavy atom. The van der Waals surface area contributed by atoms with E-state index in [0.29, 0.717) is 33.9 Å². The van der Waals surface area contributed by atoms with Gasteiger partial charge in [0.1, 0.15) is 12.6 Å². The molecule has 0 spiro atoms. The summed E-state index contributed by atoms with van der Waals surface area (Å²) in [6, 6.07) is 15.0. The Morgan fingerprint density at radius 2 is 1.63 bits per heavy atom. The minimum Gasteiger partial charge on any atom is -0.354 e. The predicted octanol–water partition coefficient (Wildman–Crippen LogP) is 5.81. The van der Waals surface area contributed by atoms with Crippen LogP contribution in [0.2, 0.25) is 5.02 Å². The molecule has 1 N–H and O–H groups in total. The SMILES string of the molecule is CCCNC(=O)[C@H](C)N(Cc1ccc(Cl)cc1)C(=O)CN(c1cccc(C(F)(F)F)c1)S(=O)(=O)c1ccc(C)cc1. The highest BCUT2D eigenvalue weighted by Crippen LogP contribution is 2.33. The average molecular weight is 610 g/mol. The van der Waals surface area contributed by atoms with Crippen LogP contribution >= 0.6 is 11.6 Å². The maximum absolute atomic E-state index is 13.8. The van der Waals surface area contributed by atoms with Gasteiger partial charge < -0.3 is 10.2 Å². The van der Waals surface area contributed by atoms with E-state index in [2.05, 4.69) is 5.32 Å². The summed E-state index contributed by atoms with van der Waals surface area (Å²) in [5.41, 5.74) is -0.0308. The summed E-state index contributed by atoms with van der Waals surface area (Å²) in [7, 11) is -4.50. The molecular weight excluding hydrogens is 579 g/mol. The number of sulfonamides is 1. The molecule has 0 saturated heterocycles. The summed E-state index contributed by atoms with van der Waals surface area (Å²) in [5.74, 6) is -1.24. The number of halogens is 4. The molecular formula is C29H31ClF3N3O4S. The van der Waals surface area contributed by atoms with Crippen molar-refractivity contribution in [3.8, 4) is 0 Å². The first-order valence-corrected chi connectivity index (χ1v) is 14.6. The molecule has 2 amide bonds. The number of carbonyl (C=O) groups is 2. The summed E-state index contributed by atoms with van der Waals surface area (Å²) < 4.78 is 68.9. The Hall–Kier alpha value is -3.57. The molecule has 0 aliphatic carbocycles. The van der Waals surface area contributed by atoms with Gasteiger partial charge in [-0.3, -0.25) is 13.9 Å². The largest absolute Gasteiger partial charge is 0.416 e. The predicted molar refractivity (Wildman–Crippen MR) is 152 cm³/mol. The van der Waals surface area contributed by atoms with Crippen molar-refractivity contribution in [1.29, 1.82) is 0 Å². The van der Waals surface area contributed by atoms with Crippen LogP contribution in [0, 0.1) is 6.92 Å². The van der Waals surface area contributed by atoms with Crippen LogP contribution < -0.4 is 9.62 Å². The lowest BCUT2D eigenvalue weighted by atomic mass is 10.1. The third kappa shape index (κ3) is 8.23. The van der Waals surface area contributed by atoms with Crippen LogP contribution in [0.5, 0.6) is 0 Å². The number of hydrogen-bond donors (Lipinski definition) is 1. The number of rotatable bonds is 11. The van der Waals surface area contributed by atoms with Gasteiger partial charge in [-0.05, 0) is 68.3 Å². The third-order valence-electron chi connectivity index (χ3n) is 6.33. The van der Waals surface area contributed by atoms with Crippen molar-refractivity contribution in [2.45, 2.75) is 50.9 Å². The van der Waals surface area contributed by atoms with E-state index >= 15 is 0 Å². The third-order valence-corrected chi connectivity index (χ3v) is 8.37. The molecule has 12 heteroatoms. The van der Waals surface area contributed by atoms with Gasteiger partial charge in [0.05, 0.1) is 16.1 Å². The molecule has 0 fully saturated rings. The Balaban J connectivity index is 2.07. The molecule has 3 rings (SSSR count). The van der Waals surface area contributed by atoms with Gasteiger partial charge in [-0.25, -0.2) is 8.42 Å². The van der Waals surface area contributed by atoms with Gasteiger partial charge >= 0.3 is 6.18 Å². The lowest BCUT2D eigenvalue weighted by molar-refractivity contribution is -0.139. The van der Waals surface area contributed by atoms with Gasteiger partial charge in [-0.1, -0.05) is 54.4 Å². The lowest BCUT2D eigenvalue weighted by Gasteiger charge is -2.32. The first kappa shape index (κ1) is 32.0. The van der Waals surface area contributed by atoms with Gasteiger partial charge in [0.15, 0.2) is 0 Å². The molecule has 220 valence electrons. The van der Waals surface area contributed by atoms with Crippen molar-refractivity contribution in [1.82, 2.24) is 10.2 Å². The maximum atomic E-state index is 13.8. The van der Waals surface area contributed by atoms with Gasteiger partial charge in [0.2, 0.25) is 11.8 Å². The van der Waals surface area contributed by atoms with E-state index in [0.717, 1.165) is 17.7 Å². The first-order chi connectivity index (χ1) is 19.2. The Kier molecular flexibility index (Phi) is 10.4. The van der Waals surface area contributed by atoms with Crippen LogP contribution in [0.15, 0.2) is 77.7 Å². The maximum Gasteiger partial charge on any atom is 0.416 e. The van der Waals surface area contributed by atoms with E-state index in [1.54, 1.807) is 43.3 Å². The molecule has 0 aliphatic rings. The molecule has 0 unspecified atom stereocenters. The molecule has 0 bridgehead atoms. The van der Waals surface area contributed by atoms with E-state index in [9.17, 15) is 31.2 Å². The van der Waals surface area contributed by atoms with Crippen molar-refractivity contribution in [3.05, 3.63) is 94.5 Å². The molecule has 0 aromatic heterocycles. The fraction of sp³-hybridized carbons (Fsp3) is 0.310. The molecule has 0 aliphatic heterocycles. The Labute approximate surface area is 243 Å². The number of anilines is 1. The second kappa shape index (κ2) is 13.4. The van der Waals surface area contributed by atoms with Crippen molar-refractivity contribution < 1.29 is 31.2 Å². The number of aryl methyl sites for hydroxylation is 1. The van der Waals surface area contributed by atoms with Crippen LogP contribution in [-0.4, -0.2) is 44.3 Å². The zero-order chi connectivity index (χ0) is 30.4. The molecule has 1 atom stereocenters. The summed E-state index contributed by atoms with van der Waals surface area (Å²) in [6.45, 7) is 4.56. The standard InChI is InChI=1S/C29H31ClF3N3O4S/c1-4-16-34-28(38)21(3)35(18-22-10-12-24(30)13-11-22)27(37)19-36(25-7-5-6-23(17-25)29(31,32)33)41(39,40)26-14-8-20(2)9-15-26/h5-15,17,21H,4,16,18-19H2,1-3H3,(H,34,38)/t21-/m0/s1. The fourth-order valence-corrected chi connectivity index (χ4v) is 5.50. The molecule has 7 nitrogen and oxygen atoms in total. The van der Waals surface area contributed by atoms with E-state index in [1.807, 2.05) is 6.92 Å². The lowest BCUT2D eigenvalue weighted by Crippen LogP contribution is -2.51. The number of nitrogens with one attached hydrogen (secondary N) is 1. The first-order valence-electron chi connectivity index (χ1n) is 12.8. The number of alkyl halides is 3. The monoisotopic (exact) mass is 609 g/mol.